The van der Waals surface area contributed by atoms with Crippen LogP contribution in [-0.2, 0) is 28.6 Å². The fourth-order valence-electron chi connectivity index (χ4n) is 7.38. The van der Waals surface area contributed by atoms with Crippen molar-refractivity contribution in [3.63, 3.8) is 0 Å². The van der Waals surface area contributed by atoms with Gasteiger partial charge in [0.2, 0.25) is 0 Å². The van der Waals surface area contributed by atoms with Gasteiger partial charge in [0.25, 0.3) is 0 Å². The van der Waals surface area contributed by atoms with Crippen molar-refractivity contribution in [1.29, 1.82) is 0 Å². The second kappa shape index (κ2) is 49.3. The first-order valence-corrected chi connectivity index (χ1v) is 26.0. The van der Waals surface area contributed by atoms with Crippen molar-refractivity contribution in [3.8, 4) is 0 Å². The summed E-state index contributed by atoms with van der Waals surface area (Å²) in [5.74, 6) is -0.895. The van der Waals surface area contributed by atoms with Crippen LogP contribution >= 0.6 is 0 Å². The number of hydrogen-bond donors (Lipinski definition) is 0. The van der Waals surface area contributed by atoms with Gasteiger partial charge in [0.15, 0.2) is 6.10 Å². The number of ether oxygens (including phenoxy) is 3. The smallest absolute Gasteiger partial charge is 0.306 e. The summed E-state index contributed by atoms with van der Waals surface area (Å²) < 4.78 is 16.8. The Morgan fingerprint density at radius 2 is 0.583 bits per heavy atom. The highest BCUT2D eigenvalue weighted by Gasteiger charge is 2.19. The Balaban J connectivity index is 4.32. The third-order valence-corrected chi connectivity index (χ3v) is 11.3. The maximum atomic E-state index is 12.8. The molecule has 1 unspecified atom stereocenters. The molecule has 0 aliphatic rings. The van der Waals surface area contributed by atoms with Gasteiger partial charge in [-0.3, -0.25) is 14.4 Å². The van der Waals surface area contributed by atoms with Gasteiger partial charge >= 0.3 is 17.9 Å². The van der Waals surface area contributed by atoms with Crippen LogP contribution in [0.15, 0.2) is 36.5 Å². The summed E-state index contributed by atoms with van der Waals surface area (Å²) >= 11 is 0. The largest absolute Gasteiger partial charge is 0.462 e. The van der Waals surface area contributed by atoms with Gasteiger partial charge in [-0.15, -0.1) is 0 Å². The molecule has 0 rings (SSSR count). The minimum Gasteiger partial charge on any atom is -0.462 e. The van der Waals surface area contributed by atoms with Gasteiger partial charge in [0.1, 0.15) is 13.2 Å². The van der Waals surface area contributed by atoms with E-state index in [1.54, 1.807) is 0 Å². The van der Waals surface area contributed by atoms with Crippen molar-refractivity contribution in [2.24, 2.45) is 0 Å². The van der Waals surface area contributed by atoms with Crippen molar-refractivity contribution < 1.29 is 28.6 Å². The first kappa shape index (κ1) is 57.6. The zero-order valence-corrected chi connectivity index (χ0v) is 40.0. The molecule has 0 heterocycles. The SMILES string of the molecule is CCC/C=C\CCCCCCCC(=O)OCC(COC(=O)CCCCCCCCC/C=C\CCCCCCCCC)OC(=O)CCCCCCC/C=C\CCCCCCC. The monoisotopic (exact) mass is 843 g/mol. The second-order valence-corrected chi connectivity index (χ2v) is 17.4. The molecule has 60 heavy (non-hydrogen) atoms. The van der Waals surface area contributed by atoms with Gasteiger partial charge < -0.3 is 14.2 Å². The summed E-state index contributed by atoms with van der Waals surface area (Å²) in [6, 6.07) is 0. The van der Waals surface area contributed by atoms with Crippen LogP contribution in [0.4, 0.5) is 0 Å². The number of esters is 3. The molecule has 0 N–H and O–H groups in total. The van der Waals surface area contributed by atoms with Gasteiger partial charge in [-0.1, -0.05) is 198 Å². The zero-order chi connectivity index (χ0) is 43.7. The predicted molar refractivity (Wildman–Crippen MR) is 256 cm³/mol. The topological polar surface area (TPSA) is 78.9 Å². The average molecular weight is 843 g/mol. The summed E-state index contributed by atoms with van der Waals surface area (Å²) in [6.07, 6.45) is 57.0. The standard InChI is InChI=1S/C54H98O6/c1-4-7-10-13-16-19-22-24-26-27-28-29-31-32-35-38-41-44-47-53(56)59-50-51(49-58-52(55)46-43-40-37-34-21-18-15-12-9-6-3)60-54(57)48-45-42-39-36-33-30-25-23-20-17-14-11-8-5-2/h12,15,23,25-27,51H,4-11,13-14,16-22,24,28-50H2,1-3H3/b15-12-,25-23-,27-26-. The first-order valence-electron chi connectivity index (χ1n) is 26.0. The molecule has 0 saturated carbocycles. The number of rotatable bonds is 47. The summed E-state index contributed by atoms with van der Waals surface area (Å²) in [7, 11) is 0. The van der Waals surface area contributed by atoms with E-state index in [2.05, 4.69) is 57.2 Å². The highest BCUT2D eigenvalue weighted by molar-refractivity contribution is 5.71. The molecule has 6 heteroatoms. The Bertz CT molecular complexity index is 1020. The van der Waals surface area contributed by atoms with E-state index in [-0.39, 0.29) is 31.1 Å². The maximum absolute atomic E-state index is 12.8. The molecular formula is C54H98O6. The van der Waals surface area contributed by atoms with Gasteiger partial charge in [0, 0.05) is 19.3 Å². The first-order chi connectivity index (χ1) is 29.5. The molecule has 0 spiro atoms. The molecule has 0 aliphatic heterocycles. The molecule has 0 bridgehead atoms. The van der Waals surface area contributed by atoms with Crippen LogP contribution < -0.4 is 0 Å². The Morgan fingerprint density at radius 3 is 0.900 bits per heavy atom. The molecular weight excluding hydrogens is 745 g/mol. The number of hydrogen-bond acceptors (Lipinski definition) is 6. The molecule has 0 fully saturated rings. The Hall–Kier alpha value is -2.37. The van der Waals surface area contributed by atoms with Crippen molar-refractivity contribution in [3.05, 3.63) is 36.5 Å². The molecule has 0 aliphatic carbocycles. The number of carbonyl (C=O) groups excluding carboxylic acids is 3. The molecule has 0 radical (unpaired) electrons. The average Bonchev–Trinajstić information content (AvgIpc) is 3.24. The van der Waals surface area contributed by atoms with Gasteiger partial charge in [-0.2, -0.15) is 0 Å². The van der Waals surface area contributed by atoms with E-state index in [0.29, 0.717) is 19.3 Å². The highest BCUT2D eigenvalue weighted by Crippen LogP contribution is 2.15. The van der Waals surface area contributed by atoms with E-state index in [1.807, 2.05) is 0 Å². The van der Waals surface area contributed by atoms with E-state index in [4.69, 9.17) is 14.2 Å². The normalized spacial score (nSPS) is 12.2. The molecule has 0 amide bonds. The summed E-state index contributed by atoms with van der Waals surface area (Å²) in [5, 5.41) is 0. The third kappa shape index (κ3) is 46.7. The van der Waals surface area contributed by atoms with Gasteiger partial charge in [0.05, 0.1) is 0 Å². The molecule has 6 nitrogen and oxygen atoms in total. The van der Waals surface area contributed by atoms with Crippen molar-refractivity contribution >= 4 is 17.9 Å². The van der Waals surface area contributed by atoms with Crippen molar-refractivity contribution in [1.82, 2.24) is 0 Å². The molecule has 0 aromatic rings. The molecule has 0 saturated heterocycles. The van der Waals surface area contributed by atoms with Gasteiger partial charge in [-0.05, 0) is 89.9 Å². The van der Waals surface area contributed by atoms with Crippen LogP contribution in [0.1, 0.15) is 271 Å². The van der Waals surface area contributed by atoms with Crippen LogP contribution in [0, 0.1) is 0 Å². The molecule has 0 aromatic carbocycles. The van der Waals surface area contributed by atoms with E-state index in [0.717, 1.165) is 83.5 Å². The molecule has 350 valence electrons. The minimum absolute atomic E-state index is 0.0791. The molecule has 0 aromatic heterocycles. The lowest BCUT2D eigenvalue weighted by Gasteiger charge is -2.18. The van der Waals surface area contributed by atoms with Crippen LogP contribution in [0.25, 0.3) is 0 Å². The maximum Gasteiger partial charge on any atom is 0.306 e. The van der Waals surface area contributed by atoms with Gasteiger partial charge in [-0.25, -0.2) is 0 Å². The van der Waals surface area contributed by atoms with Crippen LogP contribution in [-0.4, -0.2) is 37.2 Å². The van der Waals surface area contributed by atoms with E-state index in [9.17, 15) is 14.4 Å². The zero-order valence-electron chi connectivity index (χ0n) is 40.0. The van der Waals surface area contributed by atoms with Crippen LogP contribution in [0.5, 0.6) is 0 Å². The Kier molecular flexibility index (Phi) is 47.3. The predicted octanol–water partition coefficient (Wildman–Crippen LogP) is 16.9. The lowest BCUT2D eigenvalue weighted by atomic mass is 10.1. The number of unbranched alkanes of at least 4 members (excludes halogenated alkanes) is 30. The fourth-order valence-corrected chi connectivity index (χ4v) is 7.38. The molecule has 1 atom stereocenters. The summed E-state index contributed by atoms with van der Waals surface area (Å²) in [6.45, 7) is 6.56. The second-order valence-electron chi connectivity index (χ2n) is 17.4. The minimum atomic E-state index is -0.778. The third-order valence-electron chi connectivity index (χ3n) is 11.3. The quantitative estimate of drug-likeness (QED) is 0.0263. The van der Waals surface area contributed by atoms with Crippen molar-refractivity contribution in [2.75, 3.05) is 13.2 Å². The Labute approximate surface area is 372 Å². The fraction of sp³-hybridized carbons (Fsp3) is 0.833. The lowest BCUT2D eigenvalue weighted by molar-refractivity contribution is -0.167. The lowest BCUT2D eigenvalue weighted by Crippen LogP contribution is -2.30. The Morgan fingerprint density at radius 1 is 0.317 bits per heavy atom. The van der Waals surface area contributed by atoms with Crippen molar-refractivity contribution in [2.45, 2.75) is 277 Å². The van der Waals surface area contributed by atoms with Crippen LogP contribution in [0.3, 0.4) is 0 Å². The van der Waals surface area contributed by atoms with E-state index in [1.165, 1.54) is 148 Å². The van der Waals surface area contributed by atoms with E-state index < -0.39 is 6.10 Å². The number of carbonyl (C=O) groups is 3. The van der Waals surface area contributed by atoms with Crippen LogP contribution in [0.2, 0.25) is 0 Å². The van der Waals surface area contributed by atoms with E-state index >= 15 is 0 Å². The summed E-state index contributed by atoms with van der Waals surface area (Å²) in [5.41, 5.74) is 0. The summed E-state index contributed by atoms with van der Waals surface area (Å²) in [4.78, 5) is 37.9. The number of allylic oxidation sites excluding steroid dienone is 6. The highest BCUT2D eigenvalue weighted by atomic mass is 16.6.